The number of aliphatic imine (C=N–C) groups is 1. The SMILES string of the molecule is CCOC(=O)COc1ccc(/C=C2\SC(=Nc3ccccc3)N(Cc3ccc(C(=O)O)cc3)C2=O)cc1Br. The van der Waals surface area contributed by atoms with Gasteiger partial charge in [0.25, 0.3) is 5.91 Å². The van der Waals surface area contributed by atoms with Crippen LogP contribution >= 0.6 is 27.7 Å². The summed E-state index contributed by atoms with van der Waals surface area (Å²) >= 11 is 4.71. The molecule has 1 N–H and O–H groups in total. The van der Waals surface area contributed by atoms with Gasteiger partial charge in [-0.3, -0.25) is 9.69 Å². The maximum atomic E-state index is 13.5. The molecule has 1 aliphatic rings. The van der Waals surface area contributed by atoms with Crippen molar-refractivity contribution in [1.82, 2.24) is 4.90 Å². The maximum absolute atomic E-state index is 13.5. The predicted molar refractivity (Wildman–Crippen MR) is 149 cm³/mol. The average Bonchev–Trinajstić information content (AvgIpc) is 3.18. The van der Waals surface area contributed by atoms with Gasteiger partial charge in [0.05, 0.1) is 33.8 Å². The number of rotatable bonds is 9. The number of aromatic carboxylic acids is 1. The van der Waals surface area contributed by atoms with Gasteiger partial charge in [0, 0.05) is 0 Å². The summed E-state index contributed by atoms with van der Waals surface area (Å²) in [5.74, 6) is -1.21. The van der Waals surface area contributed by atoms with Crippen molar-refractivity contribution in [3.63, 3.8) is 0 Å². The minimum absolute atomic E-state index is 0.176. The molecule has 0 saturated carbocycles. The highest BCUT2D eigenvalue weighted by Gasteiger charge is 2.33. The quantitative estimate of drug-likeness (QED) is 0.243. The molecule has 8 nitrogen and oxygen atoms in total. The summed E-state index contributed by atoms with van der Waals surface area (Å²) in [6.07, 6.45) is 1.76. The number of carboxylic acids is 1. The smallest absolute Gasteiger partial charge is 0.344 e. The van der Waals surface area contributed by atoms with E-state index in [1.807, 2.05) is 30.3 Å². The van der Waals surface area contributed by atoms with Gasteiger partial charge in [-0.15, -0.1) is 0 Å². The van der Waals surface area contributed by atoms with Gasteiger partial charge < -0.3 is 14.6 Å². The molecule has 0 aliphatic carbocycles. The Morgan fingerprint density at radius 1 is 1.08 bits per heavy atom. The third-order valence-electron chi connectivity index (χ3n) is 5.32. The van der Waals surface area contributed by atoms with E-state index in [0.29, 0.717) is 26.0 Å². The Balaban J connectivity index is 1.58. The fourth-order valence-corrected chi connectivity index (χ4v) is 5.00. The zero-order valence-corrected chi connectivity index (χ0v) is 22.7. The Labute approximate surface area is 232 Å². The van der Waals surface area contributed by atoms with Gasteiger partial charge in [-0.25, -0.2) is 14.6 Å². The first-order valence-electron chi connectivity index (χ1n) is 11.6. The van der Waals surface area contributed by atoms with Crippen molar-refractivity contribution in [3.8, 4) is 5.75 Å². The number of thioether (sulfide) groups is 1. The van der Waals surface area contributed by atoms with Crippen LogP contribution in [0.2, 0.25) is 0 Å². The summed E-state index contributed by atoms with van der Waals surface area (Å²) in [5.41, 5.74) is 2.41. The van der Waals surface area contributed by atoms with Crippen LogP contribution in [-0.2, 0) is 20.9 Å². The van der Waals surface area contributed by atoms with E-state index in [0.717, 1.165) is 11.1 Å². The fourth-order valence-electron chi connectivity index (χ4n) is 3.49. The largest absolute Gasteiger partial charge is 0.481 e. The van der Waals surface area contributed by atoms with Gasteiger partial charge in [-0.05, 0) is 88.2 Å². The zero-order chi connectivity index (χ0) is 27.1. The van der Waals surface area contributed by atoms with E-state index in [1.165, 1.54) is 23.9 Å². The van der Waals surface area contributed by atoms with Gasteiger partial charge >= 0.3 is 11.9 Å². The third-order valence-corrected chi connectivity index (χ3v) is 6.94. The maximum Gasteiger partial charge on any atom is 0.344 e. The molecule has 0 aromatic heterocycles. The number of nitrogens with zero attached hydrogens (tertiary/aromatic N) is 2. The molecule has 0 spiro atoms. The van der Waals surface area contributed by atoms with E-state index in [-0.39, 0.29) is 31.2 Å². The minimum atomic E-state index is -1.01. The Kier molecular flexibility index (Phi) is 8.98. The summed E-state index contributed by atoms with van der Waals surface area (Å²) in [6.45, 7) is 2.04. The van der Waals surface area contributed by atoms with E-state index >= 15 is 0 Å². The van der Waals surface area contributed by atoms with Crippen LogP contribution in [-0.4, -0.2) is 46.2 Å². The van der Waals surface area contributed by atoms with Gasteiger partial charge in [-0.2, -0.15) is 0 Å². The molecule has 38 heavy (non-hydrogen) atoms. The van der Waals surface area contributed by atoms with Crippen molar-refractivity contribution < 1.29 is 29.0 Å². The normalized spacial score (nSPS) is 15.2. The number of amides is 1. The number of ether oxygens (including phenoxy) is 2. The molecule has 194 valence electrons. The Morgan fingerprint density at radius 2 is 1.82 bits per heavy atom. The summed E-state index contributed by atoms with van der Waals surface area (Å²) in [6, 6.07) is 21.0. The second kappa shape index (κ2) is 12.6. The number of halogens is 1. The molecule has 1 saturated heterocycles. The van der Waals surface area contributed by atoms with Crippen LogP contribution in [0.3, 0.4) is 0 Å². The topological polar surface area (TPSA) is 106 Å². The Hall–Kier alpha value is -3.89. The molecule has 1 fully saturated rings. The Morgan fingerprint density at radius 3 is 2.47 bits per heavy atom. The average molecular weight is 595 g/mol. The molecule has 3 aromatic carbocycles. The second-order valence-electron chi connectivity index (χ2n) is 8.02. The van der Waals surface area contributed by atoms with E-state index in [4.69, 9.17) is 14.6 Å². The number of hydrogen-bond donors (Lipinski definition) is 1. The summed E-state index contributed by atoms with van der Waals surface area (Å²) < 4.78 is 11.0. The van der Waals surface area contributed by atoms with Crippen LogP contribution in [0, 0.1) is 0 Å². The minimum Gasteiger partial charge on any atom is -0.481 e. The number of esters is 1. The summed E-state index contributed by atoms with van der Waals surface area (Å²) in [5, 5.41) is 9.69. The van der Waals surface area contributed by atoms with Crippen LogP contribution in [0.1, 0.15) is 28.4 Å². The molecule has 0 unspecified atom stereocenters. The van der Waals surface area contributed by atoms with Gasteiger partial charge in [0.1, 0.15) is 5.75 Å². The van der Waals surface area contributed by atoms with Crippen molar-refractivity contribution in [2.75, 3.05) is 13.2 Å². The first-order valence-corrected chi connectivity index (χ1v) is 13.2. The summed E-state index contributed by atoms with van der Waals surface area (Å²) in [4.78, 5) is 43.0. The van der Waals surface area contributed by atoms with E-state index in [1.54, 1.807) is 48.2 Å². The highest BCUT2D eigenvalue weighted by molar-refractivity contribution is 9.10. The van der Waals surface area contributed by atoms with Crippen LogP contribution in [0.4, 0.5) is 5.69 Å². The highest BCUT2D eigenvalue weighted by atomic mass is 79.9. The zero-order valence-electron chi connectivity index (χ0n) is 20.3. The molecule has 0 atom stereocenters. The molecule has 0 radical (unpaired) electrons. The second-order valence-corrected chi connectivity index (χ2v) is 9.88. The monoisotopic (exact) mass is 594 g/mol. The van der Waals surface area contributed by atoms with Crippen molar-refractivity contribution in [1.29, 1.82) is 0 Å². The Bertz CT molecular complexity index is 1410. The standard InChI is InChI=1S/C28H23BrN2O6S/c1-2-36-25(32)17-37-23-13-10-19(14-22(23)29)15-24-26(33)31(16-18-8-11-20(12-9-18)27(34)35)28(38-24)30-21-6-4-3-5-7-21/h3-15H,2,16-17H2,1H3,(H,34,35)/b24-15-,30-28?. The third kappa shape index (κ3) is 6.90. The van der Waals surface area contributed by atoms with Crippen LogP contribution in [0.5, 0.6) is 5.75 Å². The first kappa shape index (κ1) is 27.2. The highest BCUT2D eigenvalue weighted by Crippen LogP contribution is 2.36. The van der Waals surface area contributed by atoms with E-state index in [2.05, 4.69) is 20.9 Å². The number of para-hydroxylation sites is 1. The number of hydrogen-bond acceptors (Lipinski definition) is 7. The lowest BCUT2D eigenvalue weighted by Crippen LogP contribution is -2.28. The van der Waals surface area contributed by atoms with Gasteiger partial charge in [0.2, 0.25) is 0 Å². The van der Waals surface area contributed by atoms with Crippen molar-refractivity contribution in [3.05, 3.63) is 98.9 Å². The number of amidine groups is 1. The molecule has 1 amide bonds. The van der Waals surface area contributed by atoms with Gasteiger partial charge in [-0.1, -0.05) is 36.4 Å². The lowest BCUT2D eigenvalue weighted by molar-refractivity contribution is -0.145. The molecule has 4 rings (SSSR count). The van der Waals surface area contributed by atoms with E-state index in [9.17, 15) is 14.4 Å². The van der Waals surface area contributed by atoms with Gasteiger partial charge in [0.15, 0.2) is 11.8 Å². The predicted octanol–water partition coefficient (Wildman–Crippen LogP) is 5.89. The first-order chi connectivity index (χ1) is 18.3. The molecule has 0 bridgehead atoms. The molecule has 1 aliphatic heterocycles. The lowest BCUT2D eigenvalue weighted by atomic mass is 10.1. The molecule has 10 heteroatoms. The molecular weight excluding hydrogens is 572 g/mol. The number of benzene rings is 3. The van der Waals surface area contributed by atoms with Crippen molar-refractivity contribution in [2.45, 2.75) is 13.5 Å². The van der Waals surface area contributed by atoms with Crippen LogP contribution in [0.15, 0.2) is 87.2 Å². The summed E-state index contributed by atoms with van der Waals surface area (Å²) in [7, 11) is 0. The van der Waals surface area contributed by atoms with Crippen LogP contribution in [0.25, 0.3) is 6.08 Å². The lowest BCUT2D eigenvalue weighted by Gasteiger charge is -2.16. The number of carbonyl (C=O) groups excluding carboxylic acids is 2. The van der Waals surface area contributed by atoms with Crippen molar-refractivity contribution >= 4 is 62.5 Å². The molecular formula is C28H23BrN2O6S. The molecule has 1 heterocycles. The van der Waals surface area contributed by atoms with Crippen LogP contribution < -0.4 is 4.74 Å². The fraction of sp³-hybridized carbons (Fsp3) is 0.143. The molecule has 3 aromatic rings. The number of carbonyl (C=O) groups is 3. The van der Waals surface area contributed by atoms with Crippen molar-refractivity contribution in [2.24, 2.45) is 4.99 Å². The number of carboxylic acid groups (broad SMARTS) is 1. The van der Waals surface area contributed by atoms with E-state index < -0.39 is 11.9 Å².